The minimum absolute atomic E-state index is 0.134. The van der Waals surface area contributed by atoms with Gasteiger partial charge in [-0.25, -0.2) is 0 Å². The molecular weight excluding hydrogens is 368 g/mol. The van der Waals surface area contributed by atoms with Crippen molar-refractivity contribution in [3.63, 3.8) is 0 Å². The molecule has 0 spiro atoms. The van der Waals surface area contributed by atoms with Gasteiger partial charge in [0.1, 0.15) is 11.3 Å². The smallest absolute Gasteiger partial charge is 0.511 e. The quantitative estimate of drug-likeness (QED) is 0.463. The van der Waals surface area contributed by atoms with E-state index in [0.717, 1.165) is 32.3 Å². The van der Waals surface area contributed by atoms with E-state index in [2.05, 4.69) is 10.2 Å². The molecule has 5 nitrogen and oxygen atoms in total. The van der Waals surface area contributed by atoms with E-state index in [9.17, 15) is 9.90 Å². The van der Waals surface area contributed by atoms with Crippen LogP contribution in [0.1, 0.15) is 35.6 Å². The summed E-state index contributed by atoms with van der Waals surface area (Å²) in [6, 6.07) is 4.09. The van der Waals surface area contributed by atoms with Gasteiger partial charge in [-0.15, -0.1) is 10.2 Å². The lowest BCUT2D eigenvalue weighted by Crippen LogP contribution is -2.32. The maximum absolute atomic E-state index is 10.7. The Morgan fingerprint density at radius 3 is 2.62 bits per heavy atom. The fourth-order valence-electron chi connectivity index (χ4n) is 3.34. The third-order valence-electron chi connectivity index (χ3n) is 4.53. The van der Waals surface area contributed by atoms with Crippen LogP contribution in [0.25, 0.3) is 5.57 Å². The van der Waals surface area contributed by atoms with Crippen molar-refractivity contribution in [1.82, 2.24) is 10.2 Å². The lowest BCUT2D eigenvalue weighted by atomic mass is 9.89. The highest BCUT2D eigenvalue weighted by atomic mass is 32.2. The number of nitrogens with zero attached hydrogens (tertiary/aromatic N) is 2. The molecule has 2 unspecified atom stereocenters. The van der Waals surface area contributed by atoms with Crippen LogP contribution in [0.5, 0.6) is 0 Å². The molecule has 2 atom stereocenters. The third kappa shape index (κ3) is 3.94. The number of rotatable bonds is 5. The van der Waals surface area contributed by atoms with Crippen molar-refractivity contribution in [1.29, 1.82) is 0 Å². The van der Waals surface area contributed by atoms with E-state index < -0.39 is 0 Å². The van der Waals surface area contributed by atoms with Crippen molar-refractivity contribution in [3.8, 4) is 0 Å². The fourth-order valence-corrected chi connectivity index (χ4v) is 4.95. The highest BCUT2D eigenvalue weighted by molar-refractivity contribution is 8.01. The molecule has 138 valence electrons. The van der Waals surface area contributed by atoms with Crippen LogP contribution >= 0.6 is 23.1 Å². The van der Waals surface area contributed by atoms with Gasteiger partial charge in [0, 0.05) is 17.2 Å². The molecule has 1 aliphatic heterocycles. The van der Waals surface area contributed by atoms with Crippen LogP contribution in [0.15, 0.2) is 27.7 Å². The van der Waals surface area contributed by atoms with E-state index in [1.54, 1.807) is 17.3 Å². The number of aliphatic hydroxyl groups excluding tert-OH is 1. The van der Waals surface area contributed by atoms with Gasteiger partial charge < -0.3 is 14.6 Å². The second-order valence-corrected chi connectivity index (χ2v) is 8.85. The average molecular weight is 392 g/mol. The number of carbonyl (C=O) groups excluding carboxylic acids is 1. The lowest BCUT2D eigenvalue weighted by Gasteiger charge is -2.23. The number of hydrogen-bond acceptors (Lipinski definition) is 6. The number of aromatic nitrogens is 2. The number of aryl methyl sites for hydroxylation is 3. The molecule has 0 saturated heterocycles. The van der Waals surface area contributed by atoms with Crippen LogP contribution in [-0.4, -0.2) is 37.9 Å². The predicted molar refractivity (Wildman–Crippen MR) is 106 cm³/mol. The molecule has 1 aromatic heterocycles. The Bertz CT molecular complexity index is 823. The monoisotopic (exact) mass is 391 g/mol. The summed E-state index contributed by atoms with van der Waals surface area (Å²) in [5, 5.41) is 18.5. The number of benzene rings is 1. The Labute approximate surface area is 161 Å². The number of thioether (sulfide) groups is 1. The summed E-state index contributed by atoms with van der Waals surface area (Å²) in [5.74, 6) is 0.899. The summed E-state index contributed by atoms with van der Waals surface area (Å²) in [7, 11) is 0. The second kappa shape index (κ2) is 7.80. The first-order chi connectivity index (χ1) is 12.4. The summed E-state index contributed by atoms with van der Waals surface area (Å²) in [6.45, 7) is 8.05. The number of aliphatic hydroxyl groups is 1. The average Bonchev–Trinajstić information content (AvgIpc) is 3.07. The first-order valence-electron chi connectivity index (χ1n) is 8.49. The van der Waals surface area contributed by atoms with Crippen molar-refractivity contribution in [2.24, 2.45) is 5.92 Å². The van der Waals surface area contributed by atoms with Gasteiger partial charge in [-0.2, -0.15) is 0 Å². The van der Waals surface area contributed by atoms with E-state index in [1.807, 2.05) is 39.8 Å². The highest BCUT2D eigenvalue weighted by Crippen LogP contribution is 2.35. The van der Waals surface area contributed by atoms with Crippen LogP contribution in [-0.2, 0) is 4.74 Å². The summed E-state index contributed by atoms with van der Waals surface area (Å²) in [5.41, 5.74) is 6.15. The van der Waals surface area contributed by atoms with Crippen molar-refractivity contribution < 1.29 is 14.6 Å². The lowest BCUT2D eigenvalue weighted by molar-refractivity contribution is 0.109. The first kappa shape index (κ1) is 18.9. The maximum atomic E-state index is 10.7. The molecule has 1 aromatic carbocycles. The molecule has 0 amide bonds. The molecule has 2 aromatic rings. The molecule has 0 bridgehead atoms. The van der Waals surface area contributed by atoms with E-state index >= 15 is 0 Å². The zero-order chi connectivity index (χ0) is 18.8. The molecule has 7 heteroatoms. The minimum atomic E-state index is -0.273. The molecule has 0 fully saturated rings. The Hall–Kier alpha value is -1.86. The van der Waals surface area contributed by atoms with Crippen molar-refractivity contribution >= 4 is 34.6 Å². The first-order valence-corrected chi connectivity index (χ1v) is 10.4. The van der Waals surface area contributed by atoms with Gasteiger partial charge in [-0.3, -0.25) is 0 Å². The maximum Gasteiger partial charge on any atom is 0.522 e. The Balaban J connectivity index is 1.79. The van der Waals surface area contributed by atoms with Gasteiger partial charge in [0.05, 0.1) is 6.42 Å². The van der Waals surface area contributed by atoms with E-state index in [-0.39, 0.29) is 23.8 Å². The van der Waals surface area contributed by atoms with E-state index in [0.29, 0.717) is 12.0 Å². The van der Waals surface area contributed by atoms with Gasteiger partial charge in [-0.05, 0) is 31.9 Å². The van der Waals surface area contributed by atoms with Gasteiger partial charge in [-0.1, -0.05) is 47.7 Å². The van der Waals surface area contributed by atoms with Crippen LogP contribution < -0.4 is 0 Å². The van der Waals surface area contributed by atoms with Crippen molar-refractivity contribution in [2.45, 2.75) is 44.6 Å². The number of cyclic esters (lactones) is 1. The Kier molecular flexibility index (Phi) is 5.67. The zero-order valence-electron chi connectivity index (χ0n) is 15.3. The van der Waals surface area contributed by atoms with Crippen LogP contribution in [0.4, 0.5) is 0 Å². The predicted octanol–water partition coefficient (Wildman–Crippen LogP) is 4.45. The molecule has 2 heterocycles. The molecular formula is C19H23N2O3S2+. The topological polar surface area (TPSA) is 76.6 Å². The normalized spacial score (nSPS) is 18.8. The summed E-state index contributed by atoms with van der Waals surface area (Å²) in [6.07, 6.45) is 0.106. The summed E-state index contributed by atoms with van der Waals surface area (Å²) in [4.78, 5) is 10.5. The van der Waals surface area contributed by atoms with Gasteiger partial charge in [0.2, 0.25) is 6.10 Å². The minimum Gasteiger partial charge on any atom is -0.511 e. The standard InChI is InChI=1S/C19H22N2O3S2/c1-10-5-11(2)16(12(3)6-10)17-14(22)7-15(24-18(17)23)13(4)8-25-19-21-20-9-26-19/h5-6,9,13,15,22H,7-8H2,1-4H3/p+1. The molecule has 2 N–H and O–H groups in total. The van der Waals surface area contributed by atoms with Gasteiger partial charge in [0.25, 0.3) is 0 Å². The zero-order valence-corrected chi connectivity index (χ0v) is 16.9. The largest absolute Gasteiger partial charge is 0.522 e. The molecule has 1 aliphatic rings. The van der Waals surface area contributed by atoms with Gasteiger partial charge in [0.15, 0.2) is 9.91 Å². The molecule has 0 radical (unpaired) electrons. The van der Waals surface area contributed by atoms with E-state index in [1.165, 1.54) is 11.3 Å². The molecule has 3 rings (SSSR count). The second-order valence-electron chi connectivity index (χ2n) is 6.75. The Morgan fingerprint density at radius 2 is 2.04 bits per heavy atom. The van der Waals surface area contributed by atoms with E-state index in [4.69, 9.17) is 4.74 Å². The van der Waals surface area contributed by atoms with Crippen molar-refractivity contribution in [3.05, 3.63) is 45.7 Å². The van der Waals surface area contributed by atoms with Crippen LogP contribution in [0.2, 0.25) is 0 Å². The number of ether oxygens (including phenoxy) is 1. The SMILES string of the molecule is Cc1cc(C)c(C2=C(O)CC(C(C)CSc3nncs3)OC2=[OH+])c(C)c1. The van der Waals surface area contributed by atoms with Crippen LogP contribution in [0, 0.1) is 26.7 Å². The fraction of sp³-hybridized carbons (Fsp3) is 0.421. The summed E-state index contributed by atoms with van der Waals surface area (Å²) >= 11 is 3.11. The van der Waals surface area contributed by atoms with Crippen molar-refractivity contribution in [2.75, 3.05) is 5.75 Å². The molecule has 26 heavy (non-hydrogen) atoms. The number of esters is 1. The third-order valence-corrected chi connectivity index (χ3v) is 6.68. The number of hydrogen-bond donors (Lipinski definition) is 1. The summed E-state index contributed by atoms with van der Waals surface area (Å²) < 4.78 is 6.71. The van der Waals surface area contributed by atoms with Gasteiger partial charge >= 0.3 is 5.97 Å². The Morgan fingerprint density at radius 1 is 1.35 bits per heavy atom. The highest BCUT2D eigenvalue weighted by Gasteiger charge is 2.41. The molecule has 0 saturated carbocycles. The van der Waals surface area contributed by atoms with Crippen LogP contribution in [0.3, 0.4) is 0 Å². The molecule has 0 aliphatic carbocycles.